The monoisotopic (exact) mass is 248 g/mol. The van der Waals surface area contributed by atoms with Crippen LogP contribution in [0.25, 0.3) is 0 Å². The van der Waals surface area contributed by atoms with Crippen LogP contribution in [-0.2, 0) is 4.79 Å². The molecule has 4 heterocycles. The molecule has 3 heteroatoms. The fraction of sp³-hybridized carbons (Fsp3) is 0.933. The predicted octanol–water partition coefficient (Wildman–Crippen LogP) is 1.87. The fourth-order valence-electron chi connectivity index (χ4n) is 5.26. The molecule has 4 saturated heterocycles. The number of amides is 1. The first kappa shape index (κ1) is 11.3. The zero-order chi connectivity index (χ0) is 12.1. The number of hydrogen-bond donors (Lipinski definition) is 0. The molecule has 0 N–H and O–H groups in total. The molecule has 4 fully saturated rings. The van der Waals surface area contributed by atoms with Gasteiger partial charge in [0.2, 0.25) is 5.91 Å². The maximum absolute atomic E-state index is 12.2. The van der Waals surface area contributed by atoms with Crippen LogP contribution in [0.15, 0.2) is 0 Å². The van der Waals surface area contributed by atoms with E-state index in [1.165, 1.54) is 45.2 Å². The minimum absolute atomic E-state index is 0.451. The fourth-order valence-corrected chi connectivity index (χ4v) is 5.26. The molecular formula is C15H24N2O. The topological polar surface area (TPSA) is 23.6 Å². The average molecular weight is 248 g/mol. The van der Waals surface area contributed by atoms with Gasteiger partial charge in [0, 0.05) is 25.0 Å². The van der Waals surface area contributed by atoms with E-state index in [9.17, 15) is 4.79 Å². The van der Waals surface area contributed by atoms with E-state index < -0.39 is 0 Å². The van der Waals surface area contributed by atoms with E-state index in [-0.39, 0.29) is 0 Å². The van der Waals surface area contributed by atoms with Crippen molar-refractivity contribution in [1.82, 2.24) is 9.80 Å². The SMILES string of the molecule is O=C1CCC[C@@H]2[C@H]3CCCN4CCCC(CN12)[C@@H]34. The van der Waals surface area contributed by atoms with Gasteiger partial charge >= 0.3 is 0 Å². The van der Waals surface area contributed by atoms with Crippen molar-refractivity contribution < 1.29 is 4.79 Å². The van der Waals surface area contributed by atoms with Gasteiger partial charge in [-0.25, -0.2) is 0 Å². The van der Waals surface area contributed by atoms with Crippen LogP contribution in [0.1, 0.15) is 44.9 Å². The Morgan fingerprint density at radius 1 is 1.00 bits per heavy atom. The molecule has 100 valence electrons. The van der Waals surface area contributed by atoms with Gasteiger partial charge in [0.1, 0.15) is 0 Å². The Labute approximate surface area is 110 Å². The van der Waals surface area contributed by atoms with Crippen molar-refractivity contribution in [2.45, 2.75) is 57.0 Å². The van der Waals surface area contributed by atoms with Crippen molar-refractivity contribution in [3.8, 4) is 0 Å². The maximum atomic E-state index is 12.2. The number of nitrogens with zero attached hydrogens (tertiary/aromatic N) is 2. The number of fused-ring (bicyclic) bond motifs is 2. The maximum Gasteiger partial charge on any atom is 0.222 e. The number of piperidine rings is 4. The van der Waals surface area contributed by atoms with Gasteiger partial charge in [-0.05, 0) is 63.5 Å². The van der Waals surface area contributed by atoms with Crippen molar-refractivity contribution in [2.75, 3.05) is 19.6 Å². The van der Waals surface area contributed by atoms with Gasteiger partial charge in [-0.15, -0.1) is 0 Å². The van der Waals surface area contributed by atoms with Crippen LogP contribution in [0.5, 0.6) is 0 Å². The van der Waals surface area contributed by atoms with Gasteiger partial charge in [0.25, 0.3) is 0 Å². The molecule has 4 rings (SSSR count). The van der Waals surface area contributed by atoms with Crippen molar-refractivity contribution in [1.29, 1.82) is 0 Å². The second kappa shape index (κ2) is 4.22. The molecule has 0 bridgehead atoms. The minimum Gasteiger partial charge on any atom is -0.339 e. The lowest BCUT2D eigenvalue weighted by molar-refractivity contribution is -0.150. The Morgan fingerprint density at radius 2 is 1.83 bits per heavy atom. The molecule has 0 saturated carbocycles. The van der Waals surface area contributed by atoms with E-state index in [0.29, 0.717) is 11.9 Å². The quantitative estimate of drug-likeness (QED) is 0.653. The highest BCUT2D eigenvalue weighted by Gasteiger charge is 2.50. The van der Waals surface area contributed by atoms with E-state index in [1.807, 2.05) is 0 Å². The minimum atomic E-state index is 0.451. The summed E-state index contributed by atoms with van der Waals surface area (Å²) in [6.07, 6.45) is 8.64. The number of hydrogen-bond acceptors (Lipinski definition) is 2. The van der Waals surface area contributed by atoms with Crippen LogP contribution >= 0.6 is 0 Å². The summed E-state index contributed by atoms with van der Waals surface area (Å²) < 4.78 is 0. The predicted molar refractivity (Wildman–Crippen MR) is 70.2 cm³/mol. The highest BCUT2D eigenvalue weighted by molar-refractivity contribution is 5.77. The summed E-state index contributed by atoms with van der Waals surface area (Å²) in [5.74, 6) is 2.02. The third-order valence-corrected chi connectivity index (χ3v) is 5.88. The Kier molecular flexibility index (Phi) is 2.65. The standard InChI is InChI=1S/C15H24N2O/c18-14-7-1-6-13-12-5-3-9-16-8-2-4-11(15(12)16)10-17(13)14/h11-13,15H,1-10H2/t11?,12-,13-,15+/m1/s1. The van der Waals surface area contributed by atoms with Crippen LogP contribution in [-0.4, -0.2) is 47.4 Å². The Morgan fingerprint density at radius 3 is 2.72 bits per heavy atom. The summed E-state index contributed by atoms with van der Waals surface area (Å²) in [4.78, 5) is 17.2. The van der Waals surface area contributed by atoms with Crippen LogP contribution in [0.4, 0.5) is 0 Å². The first-order valence-electron chi connectivity index (χ1n) is 7.88. The third-order valence-electron chi connectivity index (χ3n) is 5.88. The van der Waals surface area contributed by atoms with Crippen LogP contribution in [0.3, 0.4) is 0 Å². The summed E-state index contributed by atoms with van der Waals surface area (Å²) >= 11 is 0. The second-order valence-corrected chi connectivity index (χ2v) is 6.74. The molecule has 0 aromatic rings. The largest absolute Gasteiger partial charge is 0.339 e. The summed E-state index contributed by atoms with van der Waals surface area (Å²) in [6.45, 7) is 3.71. The second-order valence-electron chi connectivity index (χ2n) is 6.74. The lowest BCUT2D eigenvalue weighted by Gasteiger charge is -2.58. The zero-order valence-corrected chi connectivity index (χ0v) is 11.2. The normalized spacial score (nSPS) is 44.4. The van der Waals surface area contributed by atoms with Gasteiger partial charge in [-0.3, -0.25) is 9.69 Å². The molecule has 4 aliphatic heterocycles. The van der Waals surface area contributed by atoms with Crippen molar-refractivity contribution in [3.05, 3.63) is 0 Å². The number of rotatable bonds is 0. The van der Waals surface area contributed by atoms with Gasteiger partial charge in [-0.2, -0.15) is 0 Å². The summed E-state index contributed by atoms with van der Waals surface area (Å²) in [5, 5.41) is 0. The van der Waals surface area contributed by atoms with E-state index >= 15 is 0 Å². The molecule has 4 atom stereocenters. The highest BCUT2D eigenvalue weighted by atomic mass is 16.2. The summed E-state index contributed by atoms with van der Waals surface area (Å²) in [5.41, 5.74) is 0. The van der Waals surface area contributed by atoms with E-state index in [1.54, 1.807) is 0 Å². The molecule has 0 aromatic heterocycles. The lowest BCUT2D eigenvalue weighted by atomic mass is 9.68. The molecule has 1 unspecified atom stereocenters. The first-order valence-corrected chi connectivity index (χ1v) is 7.88. The van der Waals surface area contributed by atoms with Crippen LogP contribution < -0.4 is 0 Å². The molecule has 0 radical (unpaired) electrons. The van der Waals surface area contributed by atoms with Gasteiger partial charge in [-0.1, -0.05) is 0 Å². The summed E-state index contributed by atoms with van der Waals surface area (Å²) in [7, 11) is 0. The molecule has 4 aliphatic rings. The average Bonchev–Trinajstić information content (AvgIpc) is 2.41. The molecule has 0 aromatic carbocycles. The van der Waals surface area contributed by atoms with Gasteiger partial charge in [0.05, 0.1) is 0 Å². The zero-order valence-electron chi connectivity index (χ0n) is 11.2. The number of carbonyl (C=O) groups excluding carboxylic acids is 1. The van der Waals surface area contributed by atoms with E-state index in [2.05, 4.69) is 9.80 Å². The Hall–Kier alpha value is -0.570. The van der Waals surface area contributed by atoms with E-state index in [4.69, 9.17) is 0 Å². The molecule has 18 heavy (non-hydrogen) atoms. The number of carbonyl (C=O) groups is 1. The molecule has 1 amide bonds. The van der Waals surface area contributed by atoms with Gasteiger partial charge < -0.3 is 4.90 Å². The van der Waals surface area contributed by atoms with Crippen LogP contribution in [0.2, 0.25) is 0 Å². The Bertz CT molecular complexity index is 354. The van der Waals surface area contributed by atoms with Gasteiger partial charge in [0.15, 0.2) is 0 Å². The molecule has 0 aliphatic carbocycles. The molecule has 0 spiro atoms. The van der Waals surface area contributed by atoms with Crippen molar-refractivity contribution in [3.63, 3.8) is 0 Å². The smallest absolute Gasteiger partial charge is 0.222 e. The highest BCUT2D eigenvalue weighted by Crippen LogP contribution is 2.44. The van der Waals surface area contributed by atoms with Crippen molar-refractivity contribution in [2.24, 2.45) is 11.8 Å². The third kappa shape index (κ3) is 1.56. The van der Waals surface area contributed by atoms with Crippen LogP contribution in [0, 0.1) is 11.8 Å². The molecular weight excluding hydrogens is 224 g/mol. The summed E-state index contributed by atoms with van der Waals surface area (Å²) in [6, 6.07) is 1.41. The Balaban J connectivity index is 1.66. The first-order chi connectivity index (χ1) is 8.84. The van der Waals surface area contributed by atoms with E-state index in [0.717, 1.165) is 37.3 Å². The molecule has 3 nitrogen and oxygen atoms in total. The lowest BCUT2D eigenvalue weighted by Crippen LogP contribution is -2.66. The van der Waals surface area contributed by atoms with Crippen molar-refractivity contribution >= 4 is 5.91 Å².